The first-order chi connectivity index (χ1) is 9.14. The second-order valence-electron chi connectivity index (χ2n) is 6.74. The molecular weight excluding hydrogens is 341 g/mol. The minimum Gasteiger partial charge on any atom is -0.310 e. The lowest BCUT2D eigenvalue weighted by Crippen LogP contribution is -2.26. The van der Waals surface area contributed by atoms with Gasteiger partial charge in [-0.15, -0.1) is 0 Å². The lowest BCUT2D eigenvalue weighted by atomic mass is 9.96. The molecule has 1 fully saturated rings. The molecule has 0 heterocycles. The fourth-order valence-corrected chi connectivity index (χ4v) is 3.97. The van der Waals surface area contributed by atoms with E-state index in [4.69, 9.17) is 11.6 Å². The van der Waals surface area contributed by atoms with Gasteiger partial charge in [-0.25, -0.2) is 4.39 Å². The van der Waals surface area contributed by atoms with Crippen LogP contribution in [0.15, 0.2) is 16.6 Å². The summed E-state index contributed by atoms with van der Waals surface area (Å²) in [4.78, 5) is 0. The largest absolute Gasteiger partial charge is 0.310 e. The second-order valence-corrected chi connectivity index (χ2v) is 8.01. The van der Waals surface area contributed by atoms with E-state index in [0.29, 0.717) is 21.0 Å². The highest BCUT2D eigenvalue weighted by molar-refractivity contribution is 9.10. The van der Waals surface area contributed by atoms with E-state index in [1.165, 1.54) is 6.07 Å². The summed E-state index contributed by atoms with van der Waals surface area (Å²) >= 11 is 9.43. The first-order valence-electron chi connectivity index (χ1n) is 7.02. The zero-order chi connectivity index (χ0) is 15.3. The van der Waals surface area contributed by atoms with Crippen LogP contribution in [0.1, 0.15) is 46.2 Å². The van der Waals surface area contributed by atoms with Gasteiger partial charge < -0.3 is 5.32 Å². The summed E-state index contributed by atoms with van der Waals surface area (Å²) in [5, 5.41) is 4.00. The average molecular weight is 363 g/mol. The molecule has 1 aromatic carbocycles. The summed E-state index contributed by atoms with van der Waals surface area (Å²) in [7, 11) is 0. The average Bonchev–Trinajstić information content (AvgIpc) is 2.72. The van der Waals surface area contributed by atoms with Crippen molar-refractivity contribution in [3.63, 3.8) is 0 Å². The standard InChI is InChI=1S/C16H22BrClFN/c1-6-20-13(14-15(2,3)16(14,4)5)9-7-11(18)10(17)8-12(9)19/h7-8,13-14,20H,6H2,1-5H3. The smallest absolute Gasteiger partial charge is 0.129 e. The van der Waals surface area contributed by atoms with Gasteiger partial charge in [-0.2, -0.15) is 0 Å². The van der Waals surface area contributed by atoms with Crippen LogP contribution in [0.25, 0.3) is 0 Å². The van der Waals surface area contributed by atoms with Crippen molar-refractivity contribution in [1.29, 1.82) is 0 Å². The number of rotatable bonds is 4. The molecule has 1 unspecified atom stereocenters. The molecule has 1 aromatic rings. The van der Waals surface area contributed by atoms with Gasteiger partial charge in [-0.3, -0.25) is 0 Å². The molecule has 1 atom stereocenters. The molecule has 0 bridgehead atoms. The summed E-state index contributed by atoms with van der Waals surface area (Å²) in [5.74, 6) is 0.187. The topological polar surface area (TPSA) is 12.0 Å². The normalized spacial score (nSPS) is 21.8. The van der Waals surface area contributed by atoms with Crippen molar-refractivity contribution in [1.82, 2.24) is 5.32 Å². The van der Waals surface area contributed by atoms with Gasteiger partial charge in [0.25, 0.3) is 0 Å². The first-order valence-corrected chi connectivity index (χ1v) is 8.19. The molecule has 0 saturated heterocycles. The maximum atomic E-state index is 14.4. The zero-order valence-corrected chi connectivity index (χ0v) is 15.0. The first kappa shape index (κ1) is 16.3. The Labute approximate surface area is 134 Å². The van der Waals surface area contributed by atoms with Crippen LogP contribution in [-0.2, 0) is 0 Å². The van der Waals surface area contributed by atoms with Gasteiger partial charge in [0.15, 0.2) is 0 Å². The van der Waals surface area contributed by atoms with Gasteiger partial charge in [-0.1, -0.05) is 46.2 Å². The van der Waals surface area contributed by atoms with Gasteiger partial charge in [-0.05, 0) is 51.4 Å². The van der Waals surface area contributed by atoms with Crippen LogP contribution >= 0.6 is 27.5 Å². The van der Waals surface area contributed by atoms with Crippen molar-refractivity contribution in [2.24, 2.45) is 16.7 Å². The molecule has 1 aliphatic rings. The van der Waals surface area contributed by atoms with Crippen LogP contribution in [-0.4, -0.2) is 6.54 Å². The molecule has 1 N–H and O–H groups in total. The van der Waals surface area contributed by atoms with E-state index in [-0.39, 0.29) is 22.7 Å². The van der Waals surface area contributed by atoms with Crippen LogP contribution in [0, 0.1) is 22.6 Å². The Balaban J connectivity index is 2.44. The van der Waals surface area contributed by atoms with E-state index in [9.17, 15) is 4.39 Å². The van der Waals surface area contributed by atoms with Crippen molar-refractivity contribution in [2.75, 3.05) is 6.54 Å². The van der Waals surface area contributed by atoms with E-state index in [0.717, 1.165) is 6.54 Å². The molecule has 0 aliphatic heterocycles. The van der Waals surface area contributed by atoms with Gasteiger partial charge in [0.2, 0.25) is 0 Å². The van der Waals surface area contributed by atoms with E-state index in [1.807, 2.05) is 6.92 Å². The predicted molar refractivity (Wildman–Crippen MR) is 86.6 cm³/mol. The van der Waals surface area contributed by atoms with Crippen molar-refractivity contribution >= 4 is 27.5 Å². The van der Waals surface area contributed by atoms with Crippen molar-refractivity contribution in [3.8, 4) is 0 Å². The SMILES string of the molecule is CCNC(c1cc(Cl)c(Br)cc1F)C1C(C)(C)C1(C)C. The molecule has 112 valence electrons. The number of nitrogens with one attached hydrogen (secondary N) is 1. The molecule has 1 nitrogen and oxygen atoms in total. The van der Waals surface area contributed by atoms with Gasteiger partial charge in [0.05, 0.1) is 5.02 Å². The van der Waals surface area contributed by atoms with E-state index >= 15 is 0 Å². The molecule has 0 spiro atoms. The minimum absolute atomic E-state index is 0.00407. The van der Waals surface area contributed by atoms with E-state index in [2.05, 4.69) is 48.9 Å². The Kier molecular flexibility index (Phi) is 4.27. The highest BCUT2D eigenvalue weighted by Crippen LogP contribution is 2.72. The Morgan fingerprint density at radius 1 is 1.30 bits per heavy atom. The fraction of sp³-hybridized carbons (Fsp3) is 0.625. The highest BCUT2D eigenvalue weighted by Gasteiger charge is 2.67. The molecule has 0 radical (unpaired) electrons. The fourth-order valence-electron chi connectivity index (χ4n) is 3.48. The maximum Gasteiger partial charge on any atom is 0.129 e. The van der Waals surface area contributed by atoms with Crippen LogP contribution in [0.4, 0.5) is 4.39 Å². The minimum atomic E-state index is -0.203. The highest BCUT2D eigenvalue weighted by atomic mass is 79.9. The predicted octanol–water partition coefficient (Wildman–Crippen LogP) is 5.57. The molecule has 0 amide bonds. The number of halogens is 3. The summed E-state index contributed by atoms with van der Waals surface area (Å²) in [6, 6.07) is 3.21. The third kappa shape index (κ3) is 2.42. The Morgan fingerprint density at radius 2 is 1.85 bits per heavy atom. The Hall–Kier alpha value is -0.120. The van der Waals surface area contributed by atoms with Gasteiger partial charge >= 0.3 is 0 Å². The van der Waals surface area contributed by atoms with E-state index < -0.39 is 0 Å². The number of hydrogen-bond acceptors (Lipinski definition) is 1. The molecular formula is C16H22BrClFN. The lowest BCUT2D eigenvalue weighted by molar-refractivity contribution is 0.403. The molecule has 20 heavy (non-hydrogen) atoms. The number of hydrogen-bond donors (Lipinski definition) is 1. The van der Waals surface area contributed by atoms with E-state index in [1.54, 1.807) is 6.07 Å². The maximum absolute atomic E-state index is 14.4. The summed E-state index contributed by atoms with van der Waals surface area (Å²) < 4.78 is 15.0. The van der Waals surface area contributed by atoms with Crippen molar-refractivity contribution in [2.45, 2.75) is 40.7 Å². The summed E-state index contributed by atoms with van der Waals surface area (Å²) in [6.07, 6.45) is 0. The van der Waals surface area contributed by atoms with Gasteiger partial charge in [0.1, 0.15) is 5.82 Å². The van der Waals surface area contributed by atoms with Crippen LogP contribution in [0.2, 0.25) is 5.02 Å². The molecule has 4 heteroatoms. The monoisotopic (exact) mass is 361 g/mol. The third-order valence-electron chi connectivity index (χ3n) is 5.26. The number of benzene rings is 1. The zero-order valence-electron chi connectivity index (χ0n) is 12.7. The molecule has 2 rings (SSSR count). The van der Waals surface area contributed by atoms with Crippen molar-refractivity contribution in [3.05, 3.63) is 33.0 Å². The lowest BCUT2D eigenvalue weighted by Gasteiger charge is -2.22. The van der Waals surface area contributed by atoms with Crippen LogP contribution in [0.5, 0.6) is 0 Å². The van der Waals surface area contributed by atoms with Crippen molar-refractivity contribution < 1.29 is 4.39 Å². The summed E-state index contributed by atoms with van der Waals surface area (Å²) in [5.41, 5.74) is 1.04. The van der Waals surface area contributed by atoms with Gasteiger partial charge in [0, 0.05) is 16.1 Å². The van der Waals surface area contributed by atoms with Crippen LogP contribution < -0.4 is 5.32 Å². The second kappa shape index (κ2) is 5.26. The Bertz CT molecular complexity index is 513. The molecule has 0 aromatic heterocycles. The molecule has 1 saturated carbocycles. The Morgan fingerprint density at radius 3 is 2.30 bits per heavy atom. The summed E-state index contributed by atoms with van der Waals surface area (Å²) in [6.45, 7) is 11.9. The third-order valence-corrected chi connectivity index (χ3v) is 6.46. The quantitative estimate of drug-likeness (QED) is 0.690. The molecule has 1 aliphatic carbocycles. The van der Waals surface area contributed by atoms with Crippen LogP contribution in [0.3, 0.4) is 0 Å².